The van der Waals surface area contributed by atoms with E-state index in [1.54, 1.807) is 0 Å². The smallest absolute Gasteiger partial charge is 0.344 e. The minimum Gasteiger partial charge on any atom is -0.477 e. The molecular weight excluding hydrogens is 518 g/mol. The third-order valence-corrected chi connectivity index (χ3v) is 6.69. The van der Waals surface area contributed by atoms with E-state index < -0.39 is 47.5 Å². The quantitative estimate of drug-likeness (QED) is 0.289. The summed E-state index contributed by atoms with van der Waals surface area (Å²) in [5, 5.41) is 24.6. The van der Waals surface area contributed by atoms with Crippen molar-refractivity contribution in [2.24, 2.45) is 0 Å². The van der Waals surface area contributed by atoms with E-state index in [4.69, 9.17) is 16.3 Å². The standard InChI is InChI=1S/C23H29ClF2N4O5S/c24-14-10-17(25)16(18(26)11-14)13-35-20-19(22(32)33)21(36-29-20)28-23(34)27-7-3-2-6-15(31)12-30-8-4-1-5-9-30/h10-11,15,31H,1-9,12-13H2,(H,32,33)(H2,27,28,34). The summed E-state index contributed by atoms with van der Waals surface area (Å²) in [4.78, 5) is 26.2. The Kier molecular flexibility index (Phi) is 10.7. The van der Waals surface area contributed by atoms with Crippen molar-refractivity contribution >= 4 is 40.1 Å². The Labute approximate surface area is 216 Å². The molecule has 1 saturated heterocycles. The number of aliphatic hydroxyl groups excluding tert-OH is 1. The Morgan fingerprint density at radius 2 is 1.89 bits per heavy atom. The summed E-state index contributed by atoms with van der Waals surface area (Å²) < 4.78 is 37.0. The number of halogens is 3. The second kappa shape index (κ2) is 13.7. The molecule has 1 unspecified atom stereocenters. The highest BCUT2D eigenvalue weighted by Crippen LogP contribution is 2.31. The molecule has 0 spiro atoms. The molecule has 36 heavy (non-hydrogen) atoms. The molecule has 1 aromatic heterocycles. The monoisotopic (exact) mass is 546 g/mol. The van der Waals surface area contributed by atoms with Crippen molar-refractivity contribution in [1.82, 2.24) is 14.6 Å². The average molecular weight is 547 g/mol. The van der Waals surface area contributed by atoms with E-state index in [-0.39, 0.29) is 15.9 Å². The summed E-state index contributed by atoms with van der Waals surface area (Å²) in [5.74, 6) is -3.68. The first kappa shape index (κ1) is 28.0. The van der Waals surface area contributed by atoms with Crippen LogP contribution in [0.4, 0.5) is 18.6 Å². The zero-order valence-corrected chi connectivity index (χ0v) is 21.1. The van der Waals surface area contributed by atoms with Gasteiger partial charge >= 0.3 is 12.0 Å². The predicted octanol–water partition coefficient (Wildman–Crippen LogP) is 4.49. The van der Waals surface area contributed by atoms with Crippen molar-refractivity contribution in [2.45, 2.75) is 51.2 Å². The number of carboxylic acids is 1. The lowest BCUT2D eigenvalue weighted by Crippen LogP contribution is -2.36. The molecule has 0 bridgehead atoms. The van der Waals surface area contributed by atoms with Gasteiger partial charge in [0.05, 0.1) is 11.7 Å². The van der Waals surface area contributed by atoms with E-state index in [9.17, 15) is 28.6 Å². The van der Waals surface area contributed by atoms with Gasteiger partial charge in [-0.05, 0) is 68.9 Å². The van der Waals surface area contributed by atoms with Gasteiger partial charge in [-0.15, -0.1) is 0 Å². The highest BCUT2D eigenvalue weighted by atomic mass is 35.5. The van der Waals surface area contributed by atoms with Crippen LogP contribution in [0.3, 0.4) is 0 Å². The third-order valence-electron chi connectivity index (χ3n) is 5.73. The van der Waals surface area contributed by atoms with Crippen molar-refractivity contribution in [1.29, 1.82) is 0 Å². The number of β-amino-alcohol motifs (C(OH)–C–C–N with tert-alkyl or cyclic N) is 1. The van der Waals surface area contributed by atoms with Crippen LogP contribution in [0.15, 0.2) is 12.1 Å². The fraction of sp³-hybridized carbons (Fsp3) is 0.522. The Balaban J connectivity index is 1.44. The number of aliphatic hydroxyl groups is 1. The van der Waals surface area contributed by atoms with Crippen LogP contribution < -0.4 is 15.4 Å². The van der Waals surface area contributed by atoms with Gasteiger partial charge < -0.3 is 25.2 Å². The molecule has 3 rings (SSSR count). The number of carboxylic acid groups (broad SMARTS) is 1. The van der Waals surface area contributed by atoms with Crippen LogP contribution in [0, 0.1) is 11.6 Å². The summed E-state index contributed by atoms with van der Waals surface area (Å²) in [6.07, 6.45) is 5.18. The maximum absolute atomic E-state index is 14.0. The number of urea groups is 1. The average Bonchev–Trinajstić information content (AvgIpc) is 3.21. The SMILES string of the molecule is O=C(NCCCCC(O)CN1CCCCC1)Nc1snc(OCc2c(F)cc(Cl)cc2F)c1C(=O)O. The lowest BCUT2D eigenvalue weighted by Gasteiger charge is -2.28. The predicted molar refractivity (Wildman–Crippen MR) is 132 cm³/mol. The van der Waals surface area contributed by atoms with Crippen molar-refractivity contribution in [2.75, 3.05) is 31.5 Å². The number of unbranched alkanes of at least 4 members (excludes halogenated alkanes) is 1. The number of nitrogens with one attached hydrogen (secondary N) is 2. The Morgan fingerprint density at radius 3 is 2.56 bits per heavy atom. The topological polar surface area (TPSA) is 124 Å². The fourth-order valence-corrected chi connectivity index (χ4v) is 4.80. The minimum absolute atomic E-state index is 0.0796. The largest absolute Gasteiger partial charge is 0.477 e. The minimum atomic E-state index is -1.42. The molecule has 0 radical (unpaired) electrons. The molecule has 1 aliphatic rings. The van der Waals surface area contributed by atoms with Gasteiger partial charge in [-0.1, -0.05) is 18.0 Å². The van der Waals surface area contributed by atoms with E-state index in [1.165, 1.54) is 19.3 Å². The summed E-state index contributed by atoms with van der Waals surface area (Å²) in [6, 6.07) is 1.20. The van der Waals surface area contributed by atoms with Gasteiger partial charge in [-0.2, -0.15) is 4.37 Å². The van der Waals surface area contributed by atoms with E-state index in [0.717, 1.165) is 31.6 Å². The van der Waals surface area contributed by atoms with E-state index in [1.807, 2.05) is 0 Å². The van der Waals surface area contributed by atoms with Crippen LogP contribution in [0.1, 0.15) is 54.4 Å². The van der Waals surface area contributed by atoms with Crippen molar-refractivity contribution in [3.8, 4) is 5.88 Å². The number of aromatic carboxylic acids is 1. The fourth-order valence-electron chi connectivity index (χ4n) is 3.88. The zero-order valence-electron chi connectivity index (χ0n) is 19.6. The summed E-state index contributed by atoms with van der Waals surface area (Å²) in [6.45, 7) is 2.43. The molecule has 4 N–H and O–H groups in total. The maximum Gasteiger partial charge on any atom is 0.344 e. The number of rotatable bonds is 12. The van der Waals surface area contributed by atoms with Crippen molar-refractivity contribution in [3.05, 3.63) is 39.9 Å². The summed E-state index contributed by atoms with van der Waals surface area (Å²) in [5.41, 5.74) is -0.859. The number of benzene rings is 1. The highest BCUT2D eigenvalue weighted by molar-refractivity contribution is 7.11. The van der Waals surface area contributed by atoms with Crippen molar-refractivity contribution < 1.29 is 33.3 Å². The molecule has 198 valence electrons. The van der Waals surface area contributed by atoms with Gasteiger partial charge in [0, 0.05) is 18.1 Å². The molecule has 2 aromatic rings. The van der Waals surface area contributed by atoms with Crippen molar-refractivity contribution in [3.63, 3.8) is 0 Å². The lowest BCUT2D eigenvalue weighted by molar-refractivity contribution is 0.0692. The highest BCUT2D eigenvalue weighted by Gasteiger charge is 2.24. The van der Waals surface area contributed by atoms with Gasteiger partial charge in [0.15, 0.2) is 5.56 Å². The maximum atomic E-state index is 14.0. The molecular formula is C23H29ClF2N4O5S. The molecule has 0 aliphatic carbocycles. The van der Waals surface area contributed by atoms with Gasteiger partial charge in [0.25, 0.3) is 0 Å². The number of anilines is 1. The number of carbonyl (C=O) groups is 2. The second-order valence-corrected chi connectivity index (χ2v) is 9.74. The number of likely N-dealkylation sites (tertiary alicyclic amines) is 1. The number of amides is 2. The second-order valence-electron chi connectivity index (χ2n) is 8.53. The summed E-state index contributed by atoms with van der Waals surface area (Å²) in [7, 11) is 0. The lowest BCUT2D eigenvalue weighted by atomic mass is 10.1. The Hall–Kier alpha value is -2.54. The van der Waals surface area contributed by atoms with Gasteiger partial charge in [0.1, 0.15) is 23.2 Å². The molecule has 1 fully saturated rings. The van der Waals surface area contributed by atoms with Crippen LogP contribution in [0.2, 0.25) is 5.02 Å². The molecule has 13 heteroatoms. The van der Waals surface area contributed by atoms with Crippen LogP contribution in [0.5, 0.6) is 5.88 Å². The van der Waals surface area contributed by atoms with E-state index in [2.05, 4.69) is 19.9 Å². The molecule has 1 atom stereocenters. The molecule has 0 saturated carbocycles. The number of hydrogen-bond donors (Lipinski definition) is 4. The Morgan fingerprint density at radius 1 is 1.19 bits per heavy atom. The van der Waals surface area contributed by atoms with Crippen LogP contribution >= 0.6 is 23.1 Å². The number of hydrogen-bond acceptors (Lipinski definition) is 7. The van der Waals surface area contributed by atoms with Crippen LogP contribution in [-0.4, -0.2) is 63.8 Å². The van der Waals surface area contributed by atoms with E-state index in [0.29, 0.717) is 37.5 Å². The Bertz CT molecular complexity index is 1030. The number of piperidine rings is 1. The van der Waals surface area contributed by atoms with Gasteiger partial charge in [0.2, 0.25) is 5.88 Å². The molecule has 2 amide bonds. The van der Waals surface area contributed by atoms with Gasteiger partial charge in [-0.3, -0.25) is 5.32 Å². The third kappa shape index (κ3) is 8.26. The number of aromatic nitrogens is 1. The van der Waals surface area contributed by atoms with Gasteiger partial charge in [-0.25, -0.2) is 18.4 Å². The molecule has 1 aromatic carbocycles. The normalized spacial score (nSPS) is 14.9. The van der Waals surface area contributed by atoms with Crippen LogP contribution in [0.25, 0.3) is 0 Å². The van der Waals surface area contributed by atoms with Crippen LogP contribution in [-0.2, 0) is 6.61 Å². The number of nitrogens with zero attached hydrogens (tertiary/aromatic N) is 2. The first-order valence-electron chi connectivity index (χ1n) is 11.7. The molecule has 9 nitrogen and oxygen atoms in total. The van der Waals surface area contributed by atoms with E-state index >= 15 is 0 Å². The number of carbonyl (C=O) groups excluding carboxylic acids is 1. The first-order valence-corrected chi connectivity index (χ1v) is 12.8. The molecule has 1 aliphatic heterocycles. The first-order chi connectivity index (χ1) is 17.2. The summed E-state index contributed by atoms with van der Waals surface area (Å²) >= 11 is 6.26. The zero-order chi connectivity index (χ0) is 26.1. The molecule has 2 heterocycles. The number of ether oxygens (including phenoxy) is 1.